The summed E-state index contributed by atoms with van der Waals surface area (Å²) in [4.78, 5) is 18.4. The van der Waals surface area contributed by atoms with Crippen molar-refractivity contribution in [3.63, 3.8) is 0 Å². The maximum Gasteiger partial charge on any atom is 0.245 e. The fraction of sp³-hybridized carbons (Fsp3) is 0.350. The van der Waals surface area contributed by atoms with Crippen LogP contribution in [-0.2, 0) is 20.1 Å². The van der Waals surface area contributed by atoms with E-state index >= 15 is 0 Å². The molecule has 3 aromatic heterocycles. The molecule has 30 heavy (non-hydrogen) atoms. The number of piperazine rings is 1. The van der Waals surface area contributed by atoms with Crippen molar-refractivity contribution >= 4 is 22.9 Å². The molecule has 4 aromatic rings. The monoisotopic (exact) mass is 405 g/mol. The molecule has 4 heterocycles. The molecule has 1 saturated heterocycles. The number of fused-ring (bicyclic) bond motifs is 1. The lowest BCUT2D eigenvalue weighted by Gasteiger charge is -2.35. The Bertz CT molecular complexity index is 1120. The van der Waals surface area contributed by atoms with Gasteiger partial charge in [-0.2, -0.15) is 0 Å². The number of nitrogens with zero attached hydrogens (tertiary/aromatic N) is 8. The number of imidazole rings is 1. The van der Waals surface area contributed by atoms with Crippen LogP contribution in [0.1, 0.15) is 11.4 Å². The average molecular weight is 405 g/mol. The Balaban J connectivity index is 1.32. The topological polar surface area (TPSA) is 101 Å². The van der Waals surface area contributed by atoms with Gasteiger partial charge in [0.25, 0.3) is 0 Å². The Morgan fingerprint density at radius 1 is 1.00 bits per heavy atom. The number of rotatable bonds is 6. The van der Waals surface area contributed by atoms with E-state index in [-0.39, 0.29) is 0 Å². The highest BCUT2D eigenvalue weighted by Gasteiger charge is 2.23. The second-order valence-corrected chi connectivity index (χ2v) is 7.36. The summed E-state index contributed by atoms with van der Waals surface area (Å²) in [5.74, 6) is 2.55. The summed E-state index contributed by atoms with van der Waals surface area (Å²) in [6.07, 6.45) is 3.82. The van der Waals surface area contributed by atoms with Gasteiger partial charge in [0.05, 0.1) is 6.54 Å². The first-order chi connectivity index (χ1) is 14.8. The third-order valence-electron chi connectivity index (χ3n) is 5.36. The number of aromatic nitrogens is 6. The summed E-state index contributed by atoms with van der Waals surface area (Å²) in [7, 11) is 2.03. The quantitative estimate of drug-likeness (QED) is 0.513. The lowest BCUT2D eigenvalue weighted by Crippen LogP contribution is -2.46. The Morgan fingerprint density at radius 2 is 1.77 bits per heavy atom. The van der Waals surface area contributed by atoms with Gasteiger partial charge in [0, 0.05) is 52.2 Å². The smallest absolute Gasteiger partial charge is 0.245 e. The number of aryl methyl sites for hydroxylation is 1. The molecule has 10 heteroatoms. The van der Waals surface area contributed by atoms with E-state index in [1.165, 1.54) is 5.56 Å². The molecule has 154 valence electrons. The Labute approximate surface area is 173 Å². The van der Waals surface area contributed by atoms with E-state index < -0.39 is 0 Å². The van der Waals surface area contributed by atoms with Crippen LogP contribution >= 0.6 is 0 Å². The van der Waals surface area contributed by atoms with E-state index in [2.05, 4.69) is 57.1 Å². The predicted octanol–water partition coefficient (Wildman–Crippen LogP) is 1.68. The van der Waals surface area contributed by atoms with Gasteiger partial charge in [-0.1, -0.05) is 30.3 Å². The minimum Gasteiger partial charge on any atom is -0.363 e. The first kappa shape index (κ1) is 18.5. The fourth-order valence-electron chi connectivity index (χ4n) is 3.62. The molecule has 1 aliphatic heterocycles. The highest BCUT2D eigenvalue weighted by Crippen LogP contribution is 2.25. The Kier molecular flexibility index (Phi) is 4.98. The molecule has 0 amide bonds. The standard InChI is InChI=1S/C20H23N9O/c1-27-8-7-21-16(27)14-28-9-11-29(12-10-28)20-19(22-13-15-5-3-2-4-6-15)23-17-18(24-20)26-30-25-17/h2-8H,9-14H2,1H3,(H,22,23,25). The zero-order chi connectivity index (χ0) is 20.3. The zero-order valence-corrected chi connectivity index (χ0v) is 16.8. The minimum atomic E-state index is 0.405. The summed E-state index contributed by atoms with van der Waals surface area (Å²) in [6, 6.07) is 10.2. The van der Waals surface area contributed by atoms with E-state index in [1.807, 2.05) is 37.6 Å². The molecule has 0 spiro atoms. The van der Waals surface area contributed by atoms with Crippen molar-refractivity contribution in [1.82, 2.24) is 34.7 Å². The van der Waals surface area contributed by atoms with Gasteiger partial charge in [0.15, 0.2) is 11.6 Å². The lowest BCUT2D eigenvalue weighted by atomic mass is 10.2. The summed E-state index contributed by atoms with van der Waals surface area (Å²) in [5, 5.41) is 11.1. The first-order valence-electron chi connectivity index (χ1n) is 9.98. The van der Waals surface area contributed by atoms with Gasteiger partial charge in [-0.15, -0.1) is 0 Å². The van der Waals surface area contributed by atoms with Crippen molar-refractivity contribution in [3.8, 4) is 0 Å². The molecule has 0 bridgehead atoms. The Morgan fingerprint density at radius 3 is 2.50 bits per heavy atom. The predicted molar refractivity (Wildman–Crippen MR) is 112 cm³/mol. The van der Waals surface area contributed by atoms with Crippen molar-refractivity contribution in [2.75, 3.05) is 36.4 Å². The number of benzene rings is 1. The lowest BCUT2D eigenvalue weighted by molar-refractivity contribution is 0.241. The van der Waals surface area contributed by atoms with Crippen LogP contribution in [0.3, 0.4) is 0 Å². The highest BCUT2D eigenvalue weighted by molar-refractivity contribution is 5.74. The van der Waals surface area contributed by atoms with Gasteiger partial charge in [0.2, 0.25) is 11.3 Å². The molecule has 1 aliphatic rings. The van der Waals surface area contributed by atoms with Gasteiger partial charge in [-0.05, 0) is 15.9 Å². The van der Waals surface area contributed by atoms with Crippen molar-refractivity contribution in [1.29, 1.82) is 0 Å². The van der Waals surface area contributed by atoms with Crippen LogP contribution in [-0.4, -0.2) is 60.9 Å². The normalized spacial score (nSPS) is 15.0. The van der Waals surface area contributed by atoms with E-state index in [9.17, 15) is 0 Å². The third-order valence-corrected chi connectivity index (χ3v) is 5.36. The van der Waals surface area contributed by atoms with Gasteiger partial charge >= 0.3 is 0 Å². The minimum absolute atomic E-state index is 0.405. The summed E-state index contributed by atoms with van der Waals surface area (Å²) >= 11 is 0. The van der Waals surface area contributed by atoms with Gasteiger partial charge in [-0.25, -0.2) is 19.6 Å². The summed E-state index contributed by atoms with van der Waals surface area (Å²) in [6.45, 7) is 5.02. The van der Waals surface area contributed by atoms with E-state index in [1.54, 1.807) is 0 Å². The van der Waals surface area contributed by atoms with Crippen molar-refractivity contribution in [3.05, 3.63) is 54.1 Å². The SMILES string of the molecule is Cn1ccnc1CN1CCN(c2nc3nonc3nc2NCc2ccccc2)CC1. The Hall–Kier alpha value is -3.53. The van der Waals surface area contributed by atoms with Crippen LogP contribution in [0, 0.1) is 0 Å². The summed E-state index contributed by atoms with van der Waals surface area (Å²) in [5.41, 5.74) is 2.00. The second-order valence-electron chi connectivity index (χ2n) is 7.36. The molecule has 0 saturated carbocycles. The zero-order valence-electron chi connectivity index (χ0n) is 16.8. The first-order valence-corrected chi connectivity index (χ1v) is 9.98. The van der Waals surface area contributed by atoms with Gasteiger partial charge in [-0.3, -0.25) is 4.90 Å². The third kappa shape index (κ3) is 3.81. The number of hydrogen-bond donors (Lipinski definition) is 1. The number of anilines is 2. The van der Waals surface area contributed by atoms with Crippen LogP contribution in [0.2, 0.25) is 0 Å². The van der Waals surface area contributed by atoms with Crippen molar-refractivity contribution in [2.24, 2.45) is 7.05 Å². The molecular weight excluding hydrogens is 382 g/mol. The van der Waals surface area contributed by atoms with Crippen LogP contribution in [0.5, 0.6) is 0 Å². The maximum atomic E-state index is 4.82. The average Bonchev–Trinajstić information content (AvgIpc) is 3.41. The van der Waals surface area contributed by atoms with Gasteiger partial charge < -0.3 is 14.8 Å². The van der Waals surface area contributed by atoms with E-state index in [0.29, 0.717) is 23.7 Å². The van der Waals surface area contributed by atoms with Crippen LogP contribution in [0.25, 0.3) is 11.3 Å². The van der Waals surface area contributed by atoms with E-state index in [0.717, 1.165) is 44.4 Å². The molecule has 0 atom stereocenters. The number of nitrogens with one attached hydrogen (secondary N) is 1. The molecule has 10 nitrogen and oxygen atoms in total. The molecule has 0 unspecified atom stereocenters. The molecule has 1 aromatic carbocycles. The van der Waals surface area contributed by atoms with Gasteiger partial charge in [0.1, 0.15) is 5.82 Å². The summed E-state index contributed by atoms with van der Waals surface area (Å²) < 4.78 is 6.89. The van der Waals surface area contributed by atoms with Crippen LogP contribution in [0.4, 0.5) is 11.6 Å². The second kappa shape index (κ2) is 8.07. The molecular formula is C20H23N9O. The highest BCUT2D eigenvalue weighted by atomic mass is 16.6. The van der Waals surface area contributed by atoms with Crippen molar-refractivity contribution in [2.45, 2.75) is 13.1 Å². The van der Waals surface area contributed by atoms with Crippen molar-refractivity contribution < 1.29 is 4.63 Å². The molecule has 5 rings (SSSR count). The molecule has 0 radical (unpaired) electrons. The van der Waals surface area contributed by atoms with Crippen LogP contribution < -0.4 is 10.2 Å². The van der Waals surface area contributed by atoms with Crippen LogP contribution in [0.15, 0.2) is 47.4 Å². The fourth-order valence-corrected chi connectivity index (χ4v) is 3.62. The molecule has 1 fully saturated rings. The largest absolute Gasteiger partial charge is 0.363 e. The molecule has 1 N–H and O–H groups in total. The number of hydrogen-bond acceptors (Lipinski definition) is 9. The maximum absolute atomic E-state index is 4.82. The molecule has 0 aliphatic carbocycles. The van der Waals surface area contributed by atoms with E-state index in [4.69, 9.17) is 4.63 Å².